The van der Waals surface area contributed by atoms with Gasteiger partial charge in [0.05, 0.1) is 11.1 Å². The molecule has 9 heteroatoms. The zero-order chi connectivity index (χ0) is 26.7. The summed E-state index contributed by atoms with van der Waals surface area (Å²) < 4.78 is 80.2. The van der Waals surface area contributed by atoms with E-state index in [1.54, 1.807) is 0 Å². The van der Waals surface area contributed by atoms with Crippen LogP contribution in [0.3, 0.4) is 0 Å². The molecule has 4 aromatic carbocycles. The minimum Gasteiger partial charge on any atom is -0.345 e. The van der Waals surface area contributed by atoms with Gasteiger partial charge in [-0.2, -0.15) is 26.3 Å². The molecule has 0 aliphatic carbocycles. The number of halogens is 6. The summed E-state index contributed by atoms with van der Waals surface area (Å²) in [5, 5.41) is 5.59. The van der Waals surface area contributed by atoms with Crippen molar-refractivity contribution in [3.05, 3.63) is 137 Å². The zero-order valence-electron chi connectivity index (χ0n) is 19.1. The molecule has 0 unspecified atom stereocenters. The molecule has 2 nitrogen and oxygen atoms in total. The molecular weight excluding hydrogens is 510 g/mol. The van der Waals surface area contributed by atoms with Crippen molar-refractivity contribution in [3.8, 4) is 0 Å². The van der Waals surface area contributed by atoms with Gasteiger partial charge in [0.15, 0.2) is 5.11 Å². The van der Waals surface area contributed by atoms with Crippen molar-refractivity contribution in [2.75, 3.05) is 5.32 Å². The van der Waals surface area contributed by atoms with Crippen molar-refractivity contribution < 1.29 is 26.3 Å². The predicted octanol–water partition coefficient (Wildman–Crippen LogP) is 8.00. The van der Waals surface area contributed by atoms with Gasteiger partial charge in [0.25, 0.3) is 0 Å². The van der Waals surface area contributed by atoms with E-state index in [9.17, 15) is 26.3 Å². The van der Waals surface area contributed by atoms with Gasteiger partial charge in [-0.05, 0) is 47.1 Å². The summed E-state index contributed by atoms with van der Waals surface area (Å²) in [7, 11) is 0. The average molecular weight is 531 g/mol. The monoisotopic (exact) mass is 530 g/mol. The van der Waals surface area contributed by atoms with E-state index in [-0.39, 0.29) is 11.2 Å². The Morgan fingerprint density at radius 2 is 0.865 bits per heavy atom. The summed E-state index contributed by atoms with van der Waals surface area (Å²) >= 11 is 5.47. The lowest BCUT2D eigenvalue weighted by atomic mass is 9.77. The standard InChI is InChI=1S/C28H20F6N2S/c29-27(30,31)22-16-23(28(32,33)34)18-24(17-22)35-25(37)36-26(19-10-4-1-5-11-19,20-12-6-2-7-13-20)21-14-8-3-9-15-21/h1-18H,(H2,35,36,37). The number of benzene rings is 4. The van der Waals surface area contributed by atoms with Crippen LogP contribution in [0.15, 0.2) is 109 Å². The molecule has 4 aromatic rings. The maximum atomic E-state index is 13.4. The van der Waals surface area contributed by atoms with Gasteiger partial charge in [0.2, 0.25) is 0 Å². The number of rotatable bonds is 5. The minimum atomic E-state index is -4.98. The Morgan fingerprint density at radius 1 is 0.514 bits per heavy atom. The first-order valence-corrected chi connectivity index (χ1v) is 11.5. The van der Waals surface area contributed by atoms with Crippen LogP contribution in [0.25, 0.3) is 0 Å². The van der Waals surface area contributed by atoms with Crippen LogP contribution >= 0.6 is 12.2 Å². The van der Waals surface area contributed by atoms with Crippen LogP contribution in [0.4, 0.5) is 32.0 Å². The Hall–Kier alpha value is -3.85. The third-order valence-corrected chi connectivity index (χ3v) is 5.97. The van der Waals surface area contributed by atoms with E-state index in [4.69, 9.17) is 12.2 Å². The summed E-state index contributed by atoms with van der Waals surface area (Å²) in [6, 6.07) is 28.9. The lowest BCUT2D eigenvalue weighted by Gasteiger charge is -2.38. The highest BCUT2D eigenvalue weighted by atomic mass is 32.1. The Labute approximate surface area is 215 Å². The van der Waals surface area contributed by atoms with Gasteiger partial charge in [0.1, 0.15) is 5.54 Å². The SMILES string of the molecule is FC(F)(F)c1cc(NC(=S)NC(c2ccccc2)(c2ccccc2)c2ccccc2)cc(C(F)(F)F)c1. The second kappa shape index (κ2) is 10.3. The summed E-state index contributed by atoms with van der Waals surface area (Å²) in [4.78, 5) is 0. The van der Waals surface area contributed by atoms with Gasteiger partial charge < -0.3 is 10.6 Å². The fraction of sp³-hybridized carbons (Fsp3) is 0.107. The topological polar surface area (TPSA) is 24.1 Å². The van der Waals surface area contributed by atoms with Gasteiger partial charge in [-0.3, -0.25) is 0 Å². The van der Waals surface area contributed by atoms with Crippen LogP contribution < -0.4 is 10.6 Å². The fourth-order valence-electron chi connectivity index (χ4n) is 4.14. The highest BCUT2D eigenvalue weighted by molar-refractivity contribution is 7.80. The second-order valence-electron chi connectivity index (χ2n) is 8.22. The van der Waals surface area contributed by atoms with Gasteiger partial charge in [-0.1, -0.05) is 91.0 Å². The summed E-state index contributed by atoms with van der Waals surface area (Å²) in [5.74, 6) is 0. The molecule has 0 aromatic heterocycles. The van der Waals surface area contributed by atoms with E-state index >= 15 is 0 Å². The van der Waals surface area contributed by atoms with Gasteiger partial charge in [0, 0.05) is 5.69 Å². The van der Waals surface area contributed by atoms with E-state index in [1.807, 2.05) is 91.0 Å². The molecule has 0 atom stereocenters. The Balaban J connectivity index is 1.81. The third kappa shape index (κ3) is 5.77. The summed E-state index contributed by atoms with van der Waals surface area (Å²) in [6.45, 7) is 0. The van der Waals surface area contributed by atoms with Crippen molar-refractivity contribution in [2.45, 2.75) is 17.9 Å². The highest BCUT2D eigenvalue weighted by Crippen LogP contribution is 2.39. The zero-order valence-corrected chi connectivity index (χ0v) is 19.9. The molecule has 37 heavy (non-hydrogen) atoms. The lowest BCUT2D eigenvalue weighted by molar-refractivity contribution is -0.143. The number of anilines is 1. The molecule has 0 bridgehead atoms. The summed E-state index contributed by atoms with van der Waals surface area (Å²) in [6.07, 6.45) is -9.96. The van der Waals surface area contributed by atoms with E-state index in [0.717, 1.165) is 16.7 Å². The Kier molecular flexibility index (Phi) is 7.27. The number of nitrogens with one attached hydrogen (secondary N) is 2. The van der Waals surface area contributed by atoms with Crippen molar-refractivity contribution >= 4 is 23.0 Å². The van der Waals surface area contributed by atoms with E-state index in [0.29, 0.717) is 12.1 Å². The molecule has 4 rings (SSSR count). The smallest absolute Gasteiger partial charge is 0.345 e. The normalized spacial score (nSPS) is 12.2. The van der Waals surface area contributed by atoms with Crippen LogP contribution in [0.2, 0.25) is 0 Å². The van der Waals surface area contributed by atoms with Crippen molar-refractivity contribution in [3.63, 3.8) is 0 Å². The van der Waals surface area contributed by atoms with Crippen molar-refractivity contribution in [2.24, 2.45) is 0 Å². The largest absolute Gasteiger partial charge is 0.416 e. The molecule has 0 fully saturated rings. The van der Waals surface area contributed by atoms with E-state index < -0.39 is 34.7 Å². The molecule has 0 saturated carbocycles. The third-order valence-electron chi connectivity index (χ3n) is 5.77. The summed E-state index contributed by atoms with van der Waals surface area (Å²) in [5.41, 5.74) is -2.14. The molecule has 0 heterocycles. The molecule has 0 spiro atoms. The van der Waals surface area contributed by atoms with Crippen LogP contribution in [-0.2, 0) is 17.9 Å². The number of hydrogen-bond acceptors (Lipinski definition) is 1. The predicted molar refractivity (Wildman–Crippen MR) is 135 cm³/mol. The Morgan fingerprint density at radius 3 is 1.19 bits per heavy atom. The maximum Gasteiger partial charge on any atom is 0.416 e. The van der Waals surface area contributed by atoms with E-state index in [1.165, 1.54) is 0 Å². The number of alkyl halides is 6. The average Bonchev–Trinajstić information content (AvgIpc) is 2.87. The molecule has 190 valence electrons. The molecule has 2 N–H and O–H groups in total. The molecular formula is C28H20F6N2S. The first kappa shape index (κ1) is 26.2. The first-order valence-electron chi connectivity index (χ1n) is 11.1. The second-order valence-corrected chi connectivity index (χ2v) is 8.63. The van der Waals surface area contributed by atoms with Crippen molar-refractivity contribution in [1.82, 2.24) is 5.32 Å². The highest BCUT2D eigenvalue weighted by Gasteiger charge is 2.39. The van der Waals surface area contributed by atoms with Gasteiger partial charge in [-0.15, -0.1) is 0 Å². The van der Waals surface area contributed by atoms with Crippen LogP contribution in [-0.4, -0.2) is 5.11 Å². The lowest BCUT2D eigenvalue weighted by Crippen LogP contribution is -2.49. The molecule has 0 aliphatic rings. The van der Waals surface area contributed by atoms with Gasteiger partial charge >= 0.3 is 12.4 Å². The molecule has 0 radical (unpaired) electrons. The van der Waals surface area contributed by atoms with Gasteiger partial charge in [-0.25, -0.2) is 0 Å². The number of hydrogen-bond donors (Lipinski definition) is 2. The number of thiocarbonyl (C=S) groups is 1. The molecule has 0 aliphatic heterocycles. The van der Waals surface area contributed by atoms with Crippen LogP contribution in [0.1, 0.15) is 27.8 Å². The first-order chi connectivity index (χ1) is 17.5. The molecule has 0 saturated heterocycles. The minimum absolute atomic E-state index is 0.0733. The van der Waals surface area contributed by atoms with Crippen LogP contribution in [0, 0.1) is 0 Å². The molecule has 0 amide bonds. The quantitative estimate of drug-likeness (QED) is 0.155. The Bertz CT molecular complexity index is 1230. The van der Waals surface area contributed by atoms with Crippen molar-refractivity contribution in [1.29, 1.82) is 0 Å². The maximum absolute atomic E-state index is 13.4. The van der Waals surface area contributed by atoms with Crippen LogP contribution in [0.5, 0.6) is 0 Å². The van der Waals surface area contributed by atoms with E-state index in [2.05, 4.69) is 10.6 Å². The fourth-order valence-corrected chi connectivity index (χ4v) is 4.41.